The number of halogens is 4. The van der Waals surface area contributed by atoms with Crippen LogP contribution >= 0.6 is 11.6 Å². The maximum atomic E-state index is 12.4. The highest BCUT2D eigenvalue weighted by molar-refractivity contribution is 6.32. The molecule has 0 atom stereocenters. The van der Waals surface area contributed by atoms with E-state index in [9.17, 15) is 13.2 Å². The molecule has 0 fully saturated rings. The van der Waals surface area contributed by atoms with Gasteiger partial charge in [-0.25, -0.2) is 0 Å². The molecule has 1 aromatic rings. The summed E-state index contributed by atoms with van der Waals surface area (Å²) in [5.74, 6) is 0. The molecule has 0 bridgehead atoms. The minimum Gasteiger partial charge on any atom is -0.396 e. The molecule has 5 heteroatoms. The Morgan fingerprint density at radius 2 is 1.93 bits per heavy atom. The van der Waals surface area contributed by atoms with Gasteiger partial charge < -0.3 is 5.11 Å². The first-order valence-electron chi connectivity index (χ1n) is 4.42. The number of rotatable bonds is 3. The number of benzene rings is 1. The molecular formula is C10H10ClF3O. The lowest BCUT2D eigenvalue weighted by Crippen LogP contribution is -2.07. The Bertz CT molecular complexity index is 336. The Balaban J connectivity index is 3.01. The van der Waals surface area contributed by atoms with Crippen molar-refractivity contribution in [1.82, 2.24) is 0 Å². The van der Waals surface area contributed by atoms with Crippen LogP contribution in [0.2, 0.25) is 5.02 Å². The first-order chi connectivity index (χ1) is 6.96. The Morgan fingerprint density at radius 3 is 2.47 bits per heavy atom. The van der Waals surface area contributed by atoms with Gasteiger partial charge >= 0.3 is 6.18 Å². The third kappa shape index (κ3) is 3.11. The van der Waals surface area contributed by atoms with E-state index in [1.54, 1.807) is 0 Å². The fraction of sp³-hybridized carbons (Fsp3) is 0.400. The van der Waals surface area contributed by atoms with Gasteiger partial charge in [0.15, 0.2) is 0 Å². The zero-order valence-corrected chi connectivity index (χ0v) is 8.57. The lowest BCUT2D eigenvalue weighted by atomic mass is 10.1. The summed E-state index contributed by atoms with van der Waals surface area (Å²) in [4.78, 5) is 0. The van der Waals surface area contributed by atoms with Crippen LogP contribution in [0, 0.1) is 0 Å². The summed E-state index contributed by atoms with van der Waals surface area (Å²) < 4.78 is 37.3. The van der Waals surface area contributed by atoms with Crippen LogP contribution in [0.1, 0.15) is 17.5 Å². The zero-order valence-electron chi connectivity index (χ0n) is 7.81. The SMILES string of the molecule is OCCCc1cccc(C(F)(F)F)c1Cl. The molecule has 0 aromatic heterocycles. The van der Waals surface area contributed by atoms with E-state index in [0.717, 1.165) is 6.07 Å². The van der Waals surface area contributed by atoms with Gasteiger partial charge in [0, 0.05) is 6.61 Å². The van der Waals surface area contributed by atoms with E-state index in [0.29, 0.717) is 18.4 Å². The fourth-order valence-corrected chi connectivity index (χ4v) is 1.59. The molecule has 0 aliphatic rings. The van der Waals surface area contributed by atoms with Crippen LogP contribution in [0.3, 0.4) is 0 Å². The van der Waals surface area contributed by atoms with Crippen LogP contribution in [0.4, 0.5) is 13.2 Å². The topological polar surface area (TPSA) is 20.2 Å². The maximum absolute atomic E-state index is 12.4. The van der Waals surface area contributed by atoms with E-state index in [1.807, 2.05) is 0 Å². The van der Waals surface area contributed by atoms with Gasteiger partial charge in [-0.2, -0.15) is 13.2 Å². The lowest BCUT2D eigenvalue weighted by Gasteiger charge is -2.11. The van der Waals surface area contributed by atoms with Crippen molar-refractivity contribution in [3.05, 3.63) is 34.3 Å². The molecule has 1 aromatic carbocycles. The van der Waals surface area contributed by atoms with Crippen LogP contribution in [-0.2, 0) is 12.6 Å². The predicted octanol–water partition coefficient (Wildman–Crippen LogP) is 3.28. The van der Waals surface area contributed by atoms with E-state index in [1.165, 1.54) is 12.1 Å². The summed E-state index contributed by atoms with van der Waals surface area (Å²) in [6.45, 7) is -0.0629. The Kier molecular flexibility index (Phi) is 3.99. The van der Waals surface area contributed by atoms with E-state index >= 15 is 0 Å². The molecule has 0 spiro atoms. The summed E-state index contributed by atoms with van der Waals surface area (Å²) in [5, 5.41) is 8.32. The predicted molar refractivity (Wildman–Crippen MR) is 51.9 cm³/mol. The number of aliphatic hydroxyl groups excluding tert-OH is 1. The molecule has 0 saturated carbocycles. The monoisotopic (exact) mass is 238 g/mol. The minimum absolute atomic E-state index is 0.0629. The van der Waals surface area contributed by atoms with Gasteiger partial charge in [-0.05, 0) is 24.5 Å². The first kappa shape index (κ1) is 12.3. The molecule has 1 N–H and O–H groups in total. The lowest BCUT2D eigenvalue weighted by molar-refractivity contribution is -0.137. The van der Waals surface area contributed by atoms with Crippen LogP contribution in [-0.4, -0.2) is 11.7 Å². The van der Waals surface area contributed by atoms with Gasteiger partial charge in [0.2, 0.25) is 0 Å². The first-order valence-corrected chi connectivity index (χ1v) is 4.80. The summed E-state index contributed by atoms with van der Waals surface area (Å²) in [6.07, 6.45) is -3.67. The number of aryl methyl sites for hydroxylation is 1. The highest BCUT2D eigenvalue weighted by Crippen LogP contribution is 2.36. The van der Waals surface area contributed by atoms with Crippen molar-refractivity contribution < 1.29 is 18.3 Å². The molecule has 15 heavy (non-hydrogen) atoms. The van der Waals surface area contributed by atoms with Crippen molar-refractivity contribution >= 4 is 11.6 Å². The normalized spacial score (nSPS) is 11.8. The van der Waals surface area contributed by atoms with Gasteiger partial charge in [-0.15, -0.1) is 0 Å². The number of hydrogen-bond donors (Lipinski definition) is 1. The molecule has 0 saturated heterocycles. The molecule has 0 heterocycles. The van der Waals surface area contributed by atoms with Crippen molar-refractivity contribution in [2.75, 3.05) is 6.61 Å². The van der Waals surface area contributed by atoms with Gasteiger partial charge in [0.1, 0.15) is 0 Å². The maximum Gasteiger partial charge on any atom is 0.417 e. The van der Waals surface area contributed by atoms with Crippen molar-refractivity contribution in [2.24, 2.45) is 0 Å². The second kappa shape index (κ2) is 4.86. The molecule has 0 unspecified atom stereocenters. The van der Waals surface area contributed by atoms with Crippen LogP contribution < -0.4 is 0 Å². The summed E-state index contributed by atoms with van der Waals surface area (Å²) >= 11 is 5.63. The Labute approximate surface area is 90.5 Å². The number of alkyl halides is 3. The third-order valence-corrected chi connectivity index (χ3v) is 2.43. The van der Waals surface area contributed by atoms with Crippen molar-refractivity contribution in [2.45, 2.75) is 19.0 Å². The summed E-state index contributed by atoms with van der Waals surface area (Å²) in [5.41, 5.74) is -0.403. The summed E-state index contributed by atoms with van der Waals surface area (Å²) in [7, 11) is 0. The minimum atomic E-state index is -4.42. The second-order valence-corrected chi connectivity index (χ2v) is 3.48. The Morgan fingerprint density at radius 1 is 1.27 bits per heavy atom. The molecular weight excluding hydrogens is 229 g/mol. The van der Waals surface area contributed by atoms with Crippen molar-refractivity contribution in [1.29, 1.82) is 0 Å². The average molecular weight is 239 g/mol. The van der Waals surface area contributed by atoms with Crippen molar-refractivity contribution in [3.63, 3.8) is 0 Å². The van der Waals surface area contributed by atoms with Crippen LogP contribution in [0.5, 0.6) is 0 Å². The van der Waals surface area contributed by atoms with Crippen LogP contribution in [0.15, 0.2) is 18.2 Å². The van der Waals surface area contributed by atoms with Gasteiger partial charge in [-0.3, -0.25) is 0 Å². The van der Waals surface area contributed by atoms with Crippen molar-refractivity contribution in [3.8, 4) is 0 Å². The molecule has 0 aliphatic carbocycles. The Hall–Kier alpha value is -0.740. The number of aliphatic hydroxyl groups is 1. The molecule has 0 radical (unpaired) electrons. The highest BCUT2D eigenvalue weighted by Gasteiger charge is 2.33. The molecule has 1 rings (SSSR count). The molecule has 84 valence electrons. The molecule has 1 nitrogen and oxygen atoms in total. The second-order valence-electron chi connectivity index (χ2n) is 3.10. The fourth-order valence-electron chi connectivity index (χ4n) is 1.26. The number of hydrogen-bond acceptors (Lipinski definition) is 1. The standard InChI is InChI=1S/C10H10ClF3O/c11-9-7(4-2-6-15)3-1-5-8(9)10(12,13)14/h1,3,5,15H,2,4,6H2. The van der Waals surface area contributed by atoms with Crippen LogP contribution in [0.25, 0.3) is 0 Å². The van der Waals surface area contributed by atoms with E-state index in [-0.39, 0.29) is 11.6 Å². The smallest absolute Gasteiger partial charge is 0.396 e. The zero-order chi connectivity index (χ0) is 11.5. The quantitative estimate of drug-likeness (QED) is 0.857. The summed E-state index contributed by atoms with van der Waals surface area (Å²) in [6, 6.07) is 3.80. The van der Waals surface area contributed by atoms with Gasteiger partial charge in [0.05, 0.1) is 10.6 Å². The molecule has 0 amide bonds. The molecule has 0 aliphatic heterocycles. The highest BCUT2D eigenvalue weighted by atomic mass is 35.5. The van der Waals surface area contributed by atoms with Gasteiger partial charge in [0.25, 0.3) is 0 Å². The third-order valence-electron chi connectivity index (χ3n) is 1.99. The average Bonchev–Trinajstić information content (AvgIpc) is 2.14. The van der Waals surface area contributed by atoms with Gasteiger partial charge in [-0.1, -0.05) is 23.7 Å². The van der Waals surface area contributed by atoms with E-state index in [2.05, 4.69) is 0 Å². The van der Waals surface area contributed by atoms with E-state index in [4.69, 9.17) is 16.7 Å². The largest absolute Gasteiger partial charge is 0.417 e. The van der Waals surface area contributed by atoms with E-state index < -0.39 is 11.7 Å².